The van der Waals surface area contributed by atoms with E-state index in [9.17, 15) is 19.2 Å². The third kappa shape index (κ3) is 6.50. The maximum absolute atomic E-state index is 12.6. The fourth-order valence-electron chi connectivity index (χ4n) is 3.53. The van der Waals surface area contributed by atoms with Crippen LogP contribution in [-0.4, -0.2) is 57.7 Å². The number of esters is 2. The van der Waals surface area contributed by atoms with Crippen molar-refractivity contribution >= 4 is 35.1 Å². The van der Waals surface area contributed by atoms with E-state index in [1.807, 2.05) is 6.92 Å². The normalized spacial score (nSPS) is 14.9. The number of amides is 2. The molecule has 0 aromatic heterocycles. The van der Waals surface area contributed by atoms with Gasteiger partial charge in [-0.2, -0.15) is 0 Å². The molecular weight excluding hydrogens is 456 g/mol. The van der Waals surface area contributed by atoms with Gasteiger partial charge in [0.1, 0.15) is 11.5 Å². The molecule has 10 nitrogen and oxygen atoms in total. The molecule has 1 saturated heterocycles. The van der Waals surface area contributed by atoms with Gasteiger partial charge in [0.05, 0.1) is 38.0 Å². The zero-order valence-corrected chi connectivity index (χ0v) is 19.9. The molecule has 1 atom stereocenters. The summed E-state index contributed by atoms with van der Waals surface area (Å²) < 4.78 is 20.7. The summed E-state index contributed by atoms with van der Waals surface area (Å²) in [6.07, 6.45) is 0.678. The van der Waals surface area contributed by atoms with Crippen LogP contribution in [0.3, 0.4) is 0 Å². The van der Waals surface area contributed by atoms with E-state index in [-0.39, 0.29) is 18.9 Å². The van der Waals surface area contributed by atoms with Crippen LogP contribution in [0.2, 0.25) is 0 Å². The van der Waals surface area contributed by atoms with Crippen molar-refractivity contribution in [1.29, 1.82) is 0 Å². The first kappa shape index (κ1) is 25.5. The zero-order chi connectivity index (χ0) is 25.4. The Hall–Kier alpha value is -4.08. The molecule has 1 aliphatic heterocycles. The molecule has 186 valence electrons. The maximum atomic E-state index is 12.6. The lowest BCUT2D eigenvalue weighted by atomic mass is 10.1. The number of anilines is 2. The van der Waals surface area contributed by atoms with E-state index in [0.29, 0.717) is 35.0 Å². The summed E-state index contributed by atoms with van der Waals surface area (Å²) in [5.74, 6) is -1.60. The number of hydrogen-bond acceptors (Lipinski definition) is 8. The quantitative estimate of drug-likeness (QED) is 0.511. The minimum absolute atomic E-state index is 0.0452. The van der Waals surface area contributed by atoms with E-state index in [4.69, 9.17) is 18.9 Å². The summed E-state index contributed by atoms with van der Waals surface area (Å²) in [7, 11) is 3.00. The molecule has 35 heavy (non-hydrogen) atoms. The Morgan fingerprint density at radius 3 is 2.43 bits per heavy atom. The molecule has 0 aliphatic carbocycles. The molecule has 1 N–H and O–H groups in total. The van der Waals surface area contributed by atoms with Gasteiger partial charge >= 0.3 is 11.9 Å². The third-order valence-corrected chi connectivity index (χ3v) is 5.32. The predicted molar refractivity (Wildman–Crippen MR) is 127 cm³/mol. The van der Waals surface area contributed by atoms with E-state index in [1.54, 1.807) is 30.3 Å². The number of rotatable bonds is 10. The summed E-state index contributed by atoms with van der Waals surface area (Å²) in [5.41, 5.74) is 1.29. The Bertz CT molecular complexity index is 1080. The minimum Gasteiger partial charge on any atom is -0.497 e. The van der Waals surface area contributed by atoms with Crippen molar-refractivity contribution in [2.75, 3.05) is 44.2 Å². The van der Waals surface area contributed by atoms with E-state index in [0.717, 1.165) is 6.42 Å². The van der Waals surface area contributed by atoms with Crippen LogP contribution in [0.4, 0.5) is 11.4 Å². The van der Waals surface area contributed by atoms with Crippen LogP contribution in [-0.2, 0) is 23.9 Å². The van der Waals surface area contributed by atoms with Gasteiger partial charge in [-0.25, -0.2) is 4.79 Å². The highest BCUT2D eigenvalue weighted by Gasteiger charge is 2.37. The SMILES string of the molecule is CCCOC(=O)c1ccc(NC(=O)COC(=O)[C@@H]2CC(=O)N(c3cc(OC)ccc3OC)C2)cc1. The number of nitrogens with one attached hydrogen (secondary N) is 1. The van der Waals surface area contributed by atoms with Crippen molar-refractivity contribution < 1.29 is 38.1 Å². The van der Waals surface area contributed by atoms with Gasteiger partial charge in [-0.1, -0.05) is 6.92 Å². The lowest BCUT2D eigenvalue weighted by molar-refractivity contribution is -0.151. The topological polar surface area (TPSA) is 120 Å². The van der Waals surface area contributed by atoms with Crippen LogP contribution in [0.25, 0.3) is 0 Å². The number of hydrogen-bond donors (Lipinski definition) is 1. The van der Waals surface area contributed by atoms with E-state index in [1.165, 1.54) is 31.3 Å². The van der Waals surface area contributed by atoms with Crippen LogP contribution in [0.5, 0.6) is 11.5 Å². The maximum Gasteiger partial charge on any atom is 0.338 e. The number of carbonyl (C=O) groups excluding carboxylic acids is 4. The second-order valence-electron chi connectivity index (χ2n) is 7.81. The highest BCUT2D eigenvalue weighted by molar-refractivity contribution is 6.01. The Labute approximate surface area is 203 Å². The fraction of sp³-hybridized carbons (Fsp3) is 0.360. The highest BCUT2D eigenvalue weighted by atomic mass is 16.5. The average Bonchev–Trinajstić information content (AvgIpc) is 3.27. The summed E-state index contributed by atoms with van der Waals surface area (Å²) >= 11 is 0. The highest BCUT2D eigenvalue weighted by Crippen LogP contribution is 2.36. The molecule has 1 aliphatic rings. The van der Waals surface area contributed by atoms with Crippen molar-refractivity contribution in [3.05, 3.63) is 48.0 Å². The largest absolute Gasteiger partial charge is 0.497 e. The molecule has 0 unspecified atom stereocenters. The lowest BCUT2D eigenvalue weighted by Crippen LogP contribution is -2.28. The number of carbonyl (C=O) groups is 4. The molecule has 2 aromatic carbocycles. The molecule has 1 fully saturated rings. The van der Waals surface area contributed by atoms with Gasteiger partial charge in [-0.05, 0) is 42.8 Å². The van der Waals surface area contributed by atoms with Crippen LogP contribution in [0.15, 0.2) is 42.5 Å². The summed E-state index contributed by atoms with van der Waals surface area (Å²) in [5, 5.41) is 2.59. The van der Waals surface area contributed by atoms with E-state index >= 15 is 0 Å². The molecule has 0 spiro atoms. The Morgan fingerprint density at radius 1 is 1.03 bits per heavy atom. The first-order chi connectivity index (χ1) is 16.9. The Balaban J connectivity index is 1.52. The van der Waals surface area contributed by atoms with E-state index in [2.05, 4.69) is 5.32 Å². The Morgan fingerprint density at radius 2 is 1.77 bits per heavy atom. The molecular formula is C25H28N2O8. The van der Waals surface area contributed by atoms with Gasteiger partial charge in [0.25, 0.3) is 5.91 Å². The lowest BCUT2D eigenvalue weighted by Gasteiger charge is -2.20. The van der Waals surface area contributed by atoms with Gasteiger partial charge in [0, 0.05) is 24.7 Å². The van der Waals surface area contributed by atoms with Crippen molar-refractivity contribution in [2.45, 2.75) is 19.8 Å². The number of methoxy groups -OCH3 is 2. The summed E-state index contributed by atoms with van der Waals surface area (Å²) in [6, 6.07) is 11.2. The molecule has 3 rings (SSSR count). The standard InChI is InChI=1S/C25H28N2O8/c1-4-11-34-24(30)16-5-7-18(8-6-16)26-22(28)15-35-25(31)17-12-23(29)27(14-17)20-13-19(32-2)9-10-21(20)33-3/h5-10,13,17H,4,11-12,14-15H2,1-3H3,(H,26,28)/t17-/m1/s1. The summed E-state index contributed by atoms with van der Waals surface area (Å²) in [6.45, 7) is 1.82. The Kier molecular flexibility index (Phi) is 8.66. The predicted octanol–water partition coefficient (Wildman–Crippen LogP) is 2.81. The fourth-order valence-corrected chi connectivity index (χ4v) is 3.53. The molecule has 2 amide bonds. The zero-order valence-electron chi connectivity index (χ0n) is 19.9. The average molecular weight is 485 g/mol. The second-order valence-corrected chi connectivity index (χ2v) is 7.81. The van der Waals surface area contributed by atoms with Crippen LogP contribution in [0.1, 0.15) is 30.1 Å². The number of ether oxygens (including phenoxy) is 4. The molecule has 0 saturated carbocycles. The molecule has 2 aromatic rings. The number of nitrogens with zero attached hydrogens (tertiary/aromatic N) is 1. The van der Waals surface area contributed by atoms with Gasteiger partial charge in [-0.15, -0.1) is 0 Å². The molecule has 10 heteroatoms. The first-order valence-corrected chi connectivity index (χ1v) is 11.1. The second kappa shape index (κ2) is 11.9. The monoisotopic (exact) mass is 484 g/mol. The third-order valence-electron chi connectivity index (χ3n) is 5.32. The van der Waals surface area contributed by atoms with Crippen LogP contribution in [0, 0.1) is 5.92 Å². The van der Waals surface area contributed by atoms with Crippen LogP contribution >= 0.6 is 0 Å². The first-order valence-electron chi connectivity index (χ1n) is 11.1. The molecule has 1 heterocycles. The molecule has 0 bridgehead atoms. The van der Waals surface area contributed by atoms with Gasteiger partial charge < -0.3 is 29.2 Å². The minimum atomic E-state index is -0.723. The van der Waals surface area contributed by atoms with Gasteiger partial charge in [0.2, 0.25) is 5.91 Å². The van der Waals surface area contributed by atoms with Crippen molar-refractivity contribution in [2.24, 2.45) is 5.92 Å². The van der Waals surface area contributed by atoms with Crippen molar-refractivity contribution in [3.63, 3.8) is 0 Å². The number of benzene rings is 2. The van der Waals surface area contributed by atoms with Crippen LogP contribution < -0.4 is 19.7 Å². The smallest absolute Gasteiger partial charge is 0.338 e. The van der Waals surface area contributed by atoms with E-state index < -0.39 is 30.4 Å². The van der Waals surface area contributed by atoms with Crippen molar-refractivity contribution in [3.8, 4) is 11.5 Å². The van der Waals surface area contributed by atoms with Gasteiger partial charge in [-0.3, -0.25) is 14.4 Å². The van der Waals surface area contributed by atoms with Crippen molar-refractivity contribution in [1.82, 2.24) is 0 Å². The van der Waals surface area contributed by atoms with Gasteiger partial charge in [0.15, 0.2) is 6.61 Å². The summed E-state index contributed by atoms with van der Waals surface area (Å²) in [4.78, 5) is 50.6. The molecule has 0 radical (unpaired) electrons.